The van der Waals surface area contributed by atoms with E-state index in [0.29, 0.717) is 0 Å². The van der Waals surface area contributed by atoms with Gasteiger partial charge in [-0.1, -0.05) is 12.2 Å². The highest BCUT2D eigenvalue weighted by atomic mass is 32.1. The topological polar surface area (TPSA) is 15.8 Å². The first-order chi connectivity index (χ1) is 3.83. The molecule has 1 aromatic heterocycles. The van der Waals surface area contributed by atoms with Crippen LogP contribution in [0.1, 0.15) is 11.4 Å². The quantitative estimate of drug-likeness (QED) is 0.564. The summed E-state index contributed by atoms with van der Waals surface area (Å²) in [7, 11) is 0. The second-order valence-corrected chi connectivity index (χ2v) is 1.95. The van der Waals surface area contributed by atoms with E-state index >= 15 is 0 Å². The molecule has 0 spiro atoms. The minimum atomic E-state index is 1.01. The number of thiocarbonyl (C=S) groups is 1. The van der Waals surface area contributed by atoms with E-state index in [1.54, 1.807) is 5.37 Å². The maximum absolute atomic E-state index is 4.68. The summed E-state index contributed by atoms with van der Waals surface area (Å²) in [5.41, 5.74) is 2.17. The number of hydrogen-bond donors (Lipinski definition) is 1. The largest absolute Gasteiger partial charge is 0.358 e. The third-order valence-electron chi connectivity index (χ3n) is 0.981. The molecule has 0 saturated carbocycles. The molecule has 0 amide bonds. The van der Waals surface area contributed by atoms with Crippen LogP contribution in [0.2, 0.25) is 0 Å². The van der Waals surface area contributed by atoms with Gasteiger partial charge in [-0.15, -0.1) is 0 Å². The average molecular weight is 125 g/mol. The van der Waals surface area contributed by atoms with Crippen LogP contribution in [0.4, 0.5) is 0 Å². The van der Waals surface area contributed by atoms with Crippen LogP contribution in [0.25, 0.3) is 0 Å². The molecule has 0 bridgehead atoms. The summed E-state index contributed by atoms with van der Waals surface area (Å²) in [6.45, 7) is 2.00. The monoisotopic (exact) mass is 125 g/mol. The molecule has 1 nitrogen and oxygen atoms in total. The molecule has 0 aliphatic carbocycles. The van der Waals surface area contributed by atoms with Crippen LogP contribution in [0.5, 0.6) is 0 Å². The Morgan fingerprint density at radius 1 is 1.62 bits per heavy atom. The van der Waals surface area contributed by atoms with Crippen LogP contribution in [-0.2, 0) is 0 Å². The summed E-state index contributed by atoms with van der Waals surface area (Å²) in [6, 6.07) is 3.96. The van der Waals surface area contributed by atoms with Gasteiger partial charge < -0.3 is 4.98 Å². The van der Waals surface area contributed by atoms with E-state index in [0.717, 1.165) is 11.4 Å². The van der Waals surface area contributed by atoms with Crippen LogP contribution in [0.3, 0.4) is 0 Å². The minimum absolute atomic E-state index is 1.01. The lowest BCUT2D eigenvalue weighted by Crippen LogP contribution is -1.74. The van der Waals surface area contributed by atoms with Gasteiger partial charge in [0.15, 0.2) is 0 Å². The van der Waals surface area contributed by atoms with E-state index in [4.69, 9.17) is 0 Å². The van der Waals surface area contributed by atoms with Gasteiger partial charge in [0.05, 0.1) is 0 Å². The molecule has 0 atom stereocenters. The lowest BCUT2D eigenvalue weighted by atomic mass is 10.5. The molecule has 1 aromatic rings. The van der Waals surface area contributed by atoms with E-state index in [9.17, 15) is 0 Å². The van der Waals surface area contributed by atoms with Gasteiger partial charge in [-0.3, -0.25) is 0 Å². The number of aromatic nitrogens is 1. The first-order valence-corrected chi connectivity index (χ1v) is 2.91. The van der Waals surface area contributed by atoms with Crippen molar-refractivity contribution in [3.63, 3.8) is 0 Å². The van der Waals surface area contributed by atoms with Crippen molar-refractivity contribution in [3.8, 4) is 0 Å². The molecular formula is C6H7NS. The Labute approximate surface area is 53.7 Å². The van der Waals surface area contributed by atoms with Gasteiger partial charge in [-0.25, -0.2) is 0 Å². The highest BCUT2D eigenvalue weighted by Crippen LogP contribution is 1.95. The lowest BCUT2D eigenvalue weighted by Gasteiger charge is -1.78. The highest BCUT2D eigenvalue weighted by molar-refractivity contribution is 7.79. The molecule has 2 heteroatoms. The Balaban J connectivity index is 3.00. The third kappa shape index (κ3) is 0.954. The van der Waals surface area contributed by atoms with Gasteiger partial charge in [0.1, 0.15) is 0 Å². The molecular weight excluding hydrogens is 118 g/mol. The zero-order valence-electron chi connectivity index (χ0n) is 4.64. The molecule has 1 N–H and O–H groups in total. The smallest absolute Gasteiger partial charge is 0.0491 e. The molecule has 0 fully saturated rings. The normalized spacial score (nSPS) is 9.12. The molecule has 1 rings (SSSR count). The highest BCUT2D eigenvalue weighted by Gasteiger charge is 1.85. The number of aryl methyl sites for hydroxylation is 1. The van der Waals surface area contributed by atoms with Gasteiger partial charge >= 0.3 is 0 Å². The predicted octanol–water partition coefficient (Wildman–Crippen LogP) is 1.67. The zero-order valence-corrected chi connectivity index (χ0v) is 5.46. The van der Waals surface area contributed by atoms with Crippen molar-refractivity contribution in [1.29, 1.82) is 0 Å². The van der Waals surface area contributed by atoms with Crippen molar-refractivity contribution in [1.82, 2.24) is 4.98 Å². The van der Waals surface area contributed by atoms with E-state index in [1.807, 2.05) is 19.1 Å². The molecule has 8 heavy (non-hydrogen) atoms. The molecule has 0 aromatic carbocycles. The van der Waals surface area contributed by atoms with Crippen molar-refractivity contribution in [2.75, 3.05) is 0 Å². The van der Waals surface area contributed by atoms with Crippen LogP contribution >= 0.6 is 12.2 Å². The number of aromatic amines is 1. The van der Waals surface area contributed by atoms with Crippen LogP contribution in [0.15, 0.2) is 12.1 Å². The number of hydrogen-bond acceptors (Lipinski definition) is 1. The van der Waals surface area contributed by atoms with Crippen molar-refractivity contribution < 1.29 is 0 Å². The average Bonchev–Trinajstić information content (AvgIpc) is 2.14. The third-order valence-corrected chi connectivity index (χ3v) is 1.24. The molecule has 0 aliphatic rings. The van der Waals surface area contributed by atoms with Crippen LogP contribution in [-0.4, -0.2) is 10.4 Å². The maximum Gasteiger partial charge on any atom is 0.0491 e. The molecule has 0 aliphatic heterocycles. The fraction of sp³-hybridized carbons (Fsp3) is 0.167. The fourth-order valence-electron chi connectivity index (χ4n) is 0.595. The summed E-state index contributed by atoms with van der Waals surface area (Å²) in [5.74, 6) is 0. The Morgan fingerprint density at radius 2 is 2.38 bits per heavy atom. The van der Waals surface area contributed by atoms with Crippen molar-refractivity contribution in [3.05, 3.63) is 23.5 Å². The Hall–Kier alpha value is -0.630. The van der Waals surface area contributed by atoms with Crippen LogP contribution < -0.4 is 0 Å². The fourth-order valence-corrected chi connectivity index (χ4v) is 0.732. The molecule has 0 unspecified atom stereocenters. The van der Waals surface area contributed by atoms with Crippen molar-refractivity contribution >= 4 is 17.6 Å². The Morgan fingerprint density at radius 3 is 2.62 bits per heavy atom. The Kier molecular flexibility index (Phi) is 1.44. The maximum atomic E-state index is 4.68. The lowest BCUT2D eigenvalue weighted by molar-refractivity contribution is 1.26. The van der Waals surface area contributed by atoms with Crippen molar-refractivity contribution in [2.45, 2.75) is 6.92 Å². The second kappa shape index (κ2) is 2.09. The number of nitrogens with one attached hydrogen (secondary N) is 1. The predicted molar refractivity (Wildman–Crippen MR) is 38.3 cm³/mol. The number of rotatable bonds is 1. The SMILES string of the molecule is Cc1ccc(C=S)[nH]1. The van der Waals surface area contributed by atoms with Crippen LogP contribution in [0, 0.1) is 6.92 Å². The molecule has 0 radical (unpaired) electrons. The van der Waals surface area contributed by atoms with Gasteiger partial charge in [-0.05, 0) is 19.1 Å². The standard InChI is InChI=1S/C6H7NS/c1-5-2-3-6(4-8)7-5/h2-4,7H,1H3. The number of H-pyrrole nitrogens is 1. The summed E-state index contributed by atoms with van der Waals surface area (Å²) < 4.78 is 0. The summed E-state index contributed by atoms with van der Waals surface area (Å²) >= 11 is 4.68. The zero-order chi connectivity index (χ0) is 5.98. The Bertz CT molecular complexity index is 190. The van der Waals surface area contributed by atoms with Gasteiger partial charge in [-0.2, -0.15) is 0 Å². The van der Waals surface area contributed by atoms with Crippen molar-refractivity contribution in [2.24, 2.45) is 0 Å². The molecule has 0 saturated heterocycles. The van der Waals surface area contributed by atoms with Gasteiger partial charge in [0, 0.05) is 16.8 Å². The second-order valence-electron chi connectivity index (χ2n) is 1.71. The summed E-state index contributed by atoms with van der Waals surface area (Å²) in [4.78, 5) is 3.07. The van der Waals surface area contributed by atoms with E-state index < -0.39 is 0 Å². The van der Waals surface area contributed by atoms with E-state index in [2.05, 4.69) is 17.2 Å². The molecule has 42 valence electrons. The summed E-state index contributed by atoms with van der Waals surface area (Å²) in [6.07, 6.45) is 0. The first kappa shape index (κ1) is 5.51. The summed E-state index contributed by atoms with van der Waals surface area (Å²) in [5, 5.41) is 1.63. The van der Waals surface area contributed by atoms with E-state index in [-0.39, 0.29) is 0 Å². The van der Waals surface area contributed by atoms with Gasteiger partial charge in [0.25, 0.3) is 0 Å². The molecule has 1 heterocycles. The van der Waals surface area contributed by atoms with Gasteiger partial charge in [0.2, 0.25) is 0 Å². The van der Waals surface area contributed by atoms with E-state index in [1.165, 1.54) is 0 Å². The first-order valence-electron chi connectivity index (χ1n) is 2.44. The minimum Gasteiger partial charge on any atom is -0.358 e.